The van der Waals surface area contributed by atoms with E-state index in [4.69, 9.17) is 5.73 Å². The molecule has 7 heteroatoms. The predicted octanol–water partition coefficient (Wildman–Crippen LogP) is 1.85. The van der Waals surface area contributed by atoms with Gasteiger partial charge in [-0.15, -0.1) is 0 Å². The van der Waals surface area contributed by atoms with Crippen molar-refractivity contribution in [3.63, 3.8) is 0 Å². The summed E-state index contributed by atoms with van der Waals surface area (Å²) in [5.41, 5.74) is 5.27. The Morgan fingerprint density at radius 1 is 1.33 bits per heavy atom. The summed E-state index contributed by atoms with van der Waals surface area (Å²) in [7, 11) is 0. The molecule has 2 N–H and O–H groups in total. The summed E-state index contributed by atoms with van der Waals surface area (Å²) in [6.07, 6.45) is -1.56. The Hall–Kier alpha value is -0.820. The van der Waals surface area contributed by atoms with Gasteiger partial charge in [-0.25, -0.2) is 9.97 Å². The quantitative estimate of drug-likeness (QED) is 0.644. The van der Waals surface area contributed by atoms with Crippen molar-refractivity contribution in [3.05, 3.63) is 18.5 Å². The van der Waals surface area contributed by atoms with Gasteiger partial charge < -0.3 is 5.73 Å². The van der Waals surface area contributed by atoms with E-state index in [1.165, 1.54) is 19.3 Å². The summed E-state index contributed by atoms with van der Waals surface area (Å²) in [4.78, 5) is 7.42. The third-order valence-corrected chi connectivity index (χ3v) is 2.95. The van der Waals surface area contributed by atoms with E-state index in [1.807, 2.05) is 0 Å². The van der Waals surface area contributed by atoms with Gasteiger partial charge in [-0.3, -0.25) is 0 Å². The first kappa shape index (κ1) is 12.3. The molecule has 0 aliphatic heterocycles. The van der Waals surface area contributed by atoms with Crippen LogP contribution in [0.2, 0.25) is 0 Å². The molecule has 1 rings (SSSR count). The van der Waals surface area contributed by atoms with Crippen LogP contribution in [-0.4, -0.2) is 27.4 Å². The van der Waals surface area contributed by atoms with Crippen LogP contribution in [0.4, 0.5) is 13.2 Å². The van der Waals surface area contributed by atoms with Gasteiger partial charge in [0.25, 0.3) is 0 Å². The molecular weight excluding hydrogens is 227 g/mol. The van der Waals surface area contributed by atoms with Crippen LogP contribution in [0.3, 0.4) is 0 Å². The SMILES string of the molecule is CC(N)C(Sc1ncccn1)C(F)(F)F. The highest BCUT2D eigenvalue weighted by atomic mass is 32.2. The second kappa shape index (κ2) is 4.80. The molecule has 1 aromatic heterocycles. The van der Waals surface area contributed by atoms with Gasteiger partial charge in [-0.1, -0.05) is 11.8 Å². The maximum absolute atomic E-state index is 12.5. The van der Waals surface area contributed by atoms with Crippen LogP contribution in [0.1, 0.15) is 6.92 Å². The lowest BCUT2D eigenvalue weighted by molar-refractivity contribution is -0.131. The Kier molecular flexibility index (Phi) is 3.92. The van der Waals surface area contributed by atoms with Gasteiger partial charge in [0.15, 0.2) is 5.16 Å². The van der Waals surface area contributed by atoms with E-state index >= 15 is 0 Å². The summed E-state index contributed by atoms with van der Waals surface area (Å²) < 4.78 is 37.5. The van der Waals surface area contributed by atoms with Gasteiger partial charge in [0.1, 0.15) is 5.25 Å². The zero-order valence-corrected chi connectivity index (χ0v) is 8.72. The molecule has 0 aliphatic rings. The monoisotopic (exact) mass is 237 g/mol. The summed E-state index contributed by atoms with van der Waals surface area (Å²) in [5.74, 6) is 0. The number of rotatable bonds is 3. The molecule has 2 unspecified atom stereocenters. The Morgan fingerprint density at radius 2 is 1.87 bits per heavy atom. The molecule has 0 spiro atoms. The molecule has 0 saturated carbocycles. The molecule has 0 radical (unpaired) electrons. The number of nitrogens with two attached hydrogens (primary N) is 1. The van der Waals surface area contributed by atoms with Crippen molar-refractivity contribution >= 4 is 11.8 Å². The van der Waals surface area contributed by atoms with Crippen molar-refractivity contribution in [2.24, 2.45) is 5.73 Å². The molecule has 0 amide bonds. The molecule has 2 atom stereocenters. The van der Waals surface area contributed by atoms with E-state index in [2.05, 4.69) is 9.97 Å². The highest BCUT2D eigenvalue weighted by Gasteiger charge is 2.43. The van der Waals surface area contributed by atoms with Crippen molar-refractivity contribution in [2.45, 2.75) is 29.5 Å². The normalized spacial score (nSPS) is 16.1. The first-order valence-corrected chi connectivity index (χ1v) is 5.05. The molecule has 0 fully saturated rings. The predicted molar refractivity (Wildman–Crippen MR) is 51.4 cm³/mol. The lowest BCUT2D eigenvalue weighted by atomic mass is 10.2. The number of hydrogen-bond acceptors (Lipinski definition) is 4. The number of halogens is 3. The van der Waals surface area contributed by atoms with Gasteiger partial charge in [-0.2, -0.15) is 13.2 Å². The fourth-order valence-electron chi connectivity index (χ4n) is 0.932. The van der Waals surface area contributed by atoms with Crippen LogP contribution in [0, 0.1) is 0 Å². The van der Waals surface area contributed by atoms with E-state index in [0.717, 1.165) is 0 Å². The zero-order chi connectivity index (χ0) is 11.5. The molecule has 0 aliphatic carbocycles. The topological polar surface area (TPSA) is 51.8 Å². The van der Waals surface area contributed by atoms with E-state index < -0.39 is 17.5 Å². The molecular formula is C8H10F3N3S. The van der Waals surface area contributed by atoms with E-state index in [9.17, 15) is 13.2 Å². The fraction of sp³-hybridized carbons (Fsp3) is 0.500. The third kappa shape index (κ3) is 3.67. The van der Waals surface area contributed by atoms with Crippen LogP contribution in [-0.2, 0) is 0 Å². The minimum atomic E-state index is -4.35. The number of alkyl halides is 3. The van der Waals surface area contributed by atoms with Crippen LogP contribution < -0.4 is 5.73 Å². The van der Waals surface area contributed by atoms with Crippen LogP contribution in [0.15, 0.2) is 23.6 Å². The second-order valence-corrected chi connectivity index (χ2v) is 4.08. The minimum Gasteiger partial charge on any atom is -0.327 e. The van der Waals surface area contributed by atoms with Crippen LogP contribution >= 0.6 is 11.8 Å². The van der Waals surface area contributed by atoms with Gasteiger partial charge in [0, 0.05) is 18.4 Å². The largest absolute Gasteiger partial charge is 0.402 e. The summed E-state index contributed by atoms with van der Waals surface area (Å²) in [6, 6.07) is 0.539. The Balaban J connectivity index is 2.77. The molecule has 0 bridgehead atoms. The Bertz CT molecular complexity index is 302. The highest BCUT2D eigenvalue weighted by molar-refractivity contribution is 7.99. The van der Waals surface area contributed by atoms with E-state index in [1.54, 1.807) is 6.07 Å². The van der Waals surface area contributed by atoms with Crippen molar-refractivity contribution in [3.8, 4) is 0 Å². The second-order valence-electron chi connectivity index (χ2n) is 2.97. The van der Waals surface area contributed by atoms with Crippen molar-refractivity contribution in [1.29, 1.82) is 0 Å². The standard InChI is InChI=1S/C8H10F3N3S/c1-5(12)6(8(9,10)11)15-7-13-3-2-4-14-7/h2-6H,12H2,1H3. The van der Waals surface area contributed by atoms with Crippen LogP contribution in [0.25, 0.3) is 0 Å². The van der Waals surface area contributed by atoms with Crippen molar-refractivity contribution in [2.75, 3.05) is 0 Å². The summed E-state index contributed by atoms with van der Waals surface area (Å²) in [5, 5.41) is -1.60. The van der Waals surface area contributed by atoms with Crippen molar-refractivity contribution in [1.82, 2.24) is 9.97 Å². The summed E-state index contributed by atoms with van der Waals surface area (Å²) in [6.45, 7) is 1.31. The lowest BCUT2D eigenvalue weighted by Crippen LogP contribution is -2.40. The Labute approximate surface area is 89.3 Å². The van der Waals surface area contributed by atoms with Crippen LogP contribution in [0.5, 0.6) is 0 Å². The van der Waals surface area contributed by atoms with Gasteiger partial charge in [-0.05, 0) is 13.0 Å². The van der Waals surface area contributed by atoms with Gasteiger partial charge in [0.2, 0.25) is 0 Å². The number of thioether (sulfide) groups is 1. The van der Waals surface area contributed by atoms with Crippen molar-refractivity contribution < 1.29 is 13.2 Å². The molecule has 1 heterocycles. The molecule has 3 nitrogen and oxygen atoms in total. The number of nitrogens with zero attached hydrogens (tertiary/aromatic N) is 2. The lowest BCUT2D eigenvalue weighted by Gasteiger charge is -2.21. The Morgan fingerprint density at radius 3 is 2.27 bits per heavy atom. The van der Waals surface area contributed by atoms with E-state index in [-0.39, 0.29) is 5.16 Å². The first-order chi connectivity index (χ1) is 6.91. The molecule has 15 heavy (non-hydrogen) atoms. The maximum Gasteiger partial charge on any atom is 0.402 e. The average Bonchev–Trinajstić information content (AvgIpc) is 2.13. The fourth-order valence-corrected chi connectivity index (χ4v) is 1.75. The van der Waals surface area contributed by atoms with Gasteiger partial charge in [0.05, 0.1) is 0 Å². The minimum absolute atomic E-state index is 0.0807. The van der Waals surface area contributed by atoms with E-state index in [0.29, 0.717) is 11.8 Å². The maximum atomic E-state index is 12.5. The molecule has 84 valence electrons. The number of aromatic nitrogens is 2. The smallest absolute Gasteiger partial charge is 0.327 e. The van der Waals surface area contributed by atoms with Gasteiger partial charge >= 0.3 is 6.18 Å². The molecule has 0 saturated heterocycles. The molecule has 0 aromatic carbocycles. The zero-order valence-electron chi connectivity index (χ0n) is 7.90. The molecule has 1 aromatic rings. The average molecular weight is 237 g/mol. The summed E-state index contributed by atoms with van der Waals surface area (Å²) >= 11 is 0.532. The highest BCUT2D eigenvalue weighted by Crippen LogP contribution is 2.34. The number of hydrogen-bond donors (Lipinski definition) is 1. The first-order valence-electron chi connectivity index (χ1n) is 4.17. The third-order valence-electron chi connectivity index (χ3n) is 1.57.